The molecule has 1 aliphatic carbocycles. The second-order valence-electron chi connectivity index (χ2n) is 6.74. The molecule has 2 N–H and O–H groups in total. The molecule has 7 heteroatoms. The molecule has 0 saturated heterocycles. The molecule has 1 fully saturated rings. The number of hydrogen-bond donors (Lipinski definition) is 2. The number of hydrogen-bond acceptors (Lipinski definition) is 3. The van der Waals surface area contributed by atoms with E-state index in [9.17, 15) is 4.21 Å². The van der Waals surface area contributed by atoms with Gasteiger partial charge >= 0.3 is 0 Å². The number of guanidine groups is 1. The number of benzene rings is 1. The van der Waals surface area contributed by atoms with Crippen LogP contribution in [0.15, 0.2) is 29.3 Å². The third-order valence-corrected chi connectivity index (χ3v) is 6.46. The molecule has 154 valence electrons. The Labute approximate surface area is 183 Å². The minimum atomic E-state index is -0.701. The molecule has 1 aromatic rings. The summed E-state index contributed by atoms with van der Waals surface area (Å²) in [6.07, 6.45) is 4.30. The first-order valence-corrected chi connectivity index (χ1v) is 11.0. The molecular weight excluding hydrogens is 473 g/mol. The quantitative estimate of drug-likeness (QED) is 0.321. The van der Waals surface area contributed by atoms with E-state index in [1.807, 2.05) is 6.92 Å². The fourth-order valence-corrected chi connectivity index (χ4v) is 4.69. The lowest BCUT2D eigenvalue weighted by molar-refractivity contribution is 0.185. The Bertz CT molecular complexity index is 595. The maximum absolute atomic E-state index is 12.1. The molecule has 0 aliphatic heterocycles. The monoisotopic (exact) mass is 507 g/mol. The summed E-state index contributed by atoms with van der Waals surface area (Å²) >= 11 is 0. The maximum Gasteiger partial charge on any atom is 0.191 e. The molecule has 1 aliphatic rings. The van der Waals surface area contributed by atoms with Crippen LogP contribution in [0.2, 0.25) is 0 Å². The average molecular weight is 507 g/mol. The lowest BCUT2D eigenvalue weighted by atomic mass is 9.95. The number of halogens is 1. The van der Waals surface area contributed by atoms with Crippen molar-refractivity contribution in [3.8, 4) is 0 Å². The van der Waals surface area contributed by atoms with Crippen LogP contribution in [-0.4, -0.2) is 40.9 Å². The standard InChI is InChI=1S/C20H33N3O2S.HI/c1-4-21-20(22-14-16-9-11-17(12-10-16)15-25-3)23-18-7-6-8-19(13-18)26(24)5-2;/h9-12,18-19H,4-8,13-15H2,1-3H3,(H2,21,22,23);1H. The van der Waals surface area contributed by atoms with Crippen molar-refractivity contribution in [1.29, 1.82) is 0 Å². The number of aliphatic imine (C=N–C) groups is 1. The van der Waals surface area contributed by atoms with Crippen molar-refractivity contribution >= 4 is 40.7 Å². The van der Waals surface area contributed by atoms with Gasteiger partial charge in [-0.25, -0.2) is 4.99 Å². The average Bonchev–Trinajstić information content (AvgIpc) is 2.67. The summed E-state index contributed by atoms with van der Waals surface area (Å²) in [5, 5.41) is 7.21. The zero-order valence-electron chi connectivity index (χ0n) is 16.7. The van der Waals surface area contributed by atoms with Gasteiger partial charge in [0.15, 0.2) is 5.96 Å². The third-order valence-electron chi connectivity index (χ3n) is 4.72. The molecule has 5 nitrogen and oxygen atoms in total. The van der Waals surface area contributed by atoms with E-state index in [-0.39, 0.29) is 24.0 Å². The molecule has 0 spiro atoms. The summed E-state index contributed by atoms with van der Waals surface area (Å²) in [6.45, 7) is 6.19. The fraction of sp³-hybridized carbons (Fsp3) is 0.650. The van der Waals surface area contributed by atoms with E-state index in [2.05, 4.69) is 41.8 Å². The van der Waals surface area contributed by atoms with Crippen LogP contribution in [0.3, 0.4) is 0 Å². The molecule has 0 bridgehead atoms. The van der Waals surface area contributed by atoms with E-state index < -0.39 is 10.8 Å². The molecule has 3 atom stereocenters. The van der Waals surface area contributed by atoms with Gasteiger partial charge in [0.2, 0.25) is 0 Å². The van der Waals surface area contributed by atoms with Crippen LogP contribution >= 0.6 is 24.0 Å². The van der Waals surface area contributed by atoms with Crippen molar-refractivity contribution in [2.24, 2.45) is 4.99 Å². The molecule has 0 heterocycles. The molecule has 3 unspecified atom stereocenters. The van der Waals surface area contributed by atoms with E-state index in [0.717, 1.165) is 43.9 Å². The lowest BCUT2D eigenvalue weighted by Gasteiger charge is -2.30. The highest BCUT2D eigenvalue weighted by molar-refractivity contribution is 14.0. The Hall–Kier alpha value is -0.670. The van der Waals surface area contributed by atoms with Crippen LogP contribution in [-0.2, 0) is 28.7 Å². The van der Waals surface area contributed by atoms with Gasteiger partial charge in [0, 0.05) is 41.5 Å². The van der Waals surface area contributed by atoms with Gasteiger partial charge in [-0.2, -0.15) is 0 Å². The van der Waals surface area contributed by atoms with Crippen LogP contribution in [0.5, 0.6) is 0 Å². The first-order valence-electron chi connectivity index (χ1n) is 9.65. The summed E-state index contributed by atoms with van der Waals surface area (Å²) in [7, 11) is 1.01. The van der Waals surface area contributed by atoms with Crippen LogP contribution in [0.25, 0.3) is 0 Å². The van der Waals surface area contributed by atoms with Crippen molar-refractivity contribution in [2.45, 2.75) is 64.0 Å². The zero-order chi connectivity index (χ0) is 18.8. The number of methoxy groups -OCH3 is 1. The first kappa shape index (κ1) is 24.4. The van der Waals surface area contributed by atoms with E-state index in [1.54, 1.807) is 7.11 Å². The largest absolute Gasteiger partial charge is 0.380 e. The Kier molecular flexibility index (Phi) is 12.2. The van der Waals surface area contributed by atoms with E-state index in [4.69, 9.17) is 9.73 Å². The van der Waals surface area contributed by atoms with Crippen molar-refractivity contribution in [3.05, 3.63) is 35.4 Å². The second-order valence-corrected chi connectivity index (χ2v) is 8.75. The topological polar surface area (TPSA) is 62.7 Å². The van der Waals surface area contributed by atoms with Gasteiger partial charge in [-0.3, -0.25) is 4.21 Å². The highest BCUT2D eigenvalue weighted by atomic mass is 127. The predicted molar refractivity (Wildman–Crippen MR) is 125 cm³/mol. The minimum Gasteiger partial charge on any atom is -0.380 e. The van der Waals surface area contributed by atoms with Crippen LogP contribution in [0, 0.1) is 0 Å². The van der Waals surface area contributed by atoms with E-state index >= 15 is 0 Å². The Balaban J connectivity index is 0.00000364. The van der Waals surface area contributed by atoms with Gasteiger partial charge in [0.25, 0.3) is 0 Å². The molecule has 0 aromatic heterocycles. The van der Waals surface area contributed by atoms with Gasteiger partial charge in [-0.15, -0.1) is 24.0 Å². The first-order chi connectivity index (χ1) is 12.7. The van der Waals surface area contributed by atoms with Crippen LogP contribution in [0.1, 0.15) is 50.7 Å². The van der Waals surface area contributed by atoms with Crippen molar-refractivity contribution < 1.29 is 8.95 Å². The van der Waals surface area contributed by atoms with Gasteiger partial charge in [0.1, 0.15) is 0 Å². The Morgan fingerprint density at radius 3 is 2.56 bits per heavy atom. The van der Waals surface area contributed by atoms with Gasteiger partial charge in [0.05, 0.1) is 13.2 Å². The Morgan fingerprint density at radius 2 is 1.93 bits per heavy atom. The van der Waals surface area contributed by atoms with Gasteiger partial charge < -0.3 is 15.4 Å². The smallest absolute Gasteiger partial charge is 0.191 e. The van der Waals surface area contributed by atoms with Gasteiger partial charge in [-0.05, 0) is 37.3 Å². The Morgan fingerprint density at radius 1 is 1.22 bits per heavy atom. The summed E-state index contributed by atoms with van der Waals surface area (Å²) in [6, 6.07) is 8.72. The summed E-state index contributed by atoms with van der Waals surface area (Å²) < 4.78 is 17.3. The number of rotatable bonds is 8. The molecule has 1 saturated carbocycles. The van der Waals surface area contributed by atoms with Crippen LogP contribution in [0.4, 0.5) is 0 Å². The second kappa shape index (κ2) is 13.5. The summed E-state index contributed by atoms with van der Waals surface area (Å²) in [5.41, 5.74) is 2.35. The lowest BCUT2D eigenvalue weighted by Crippen LogP contribution is -2.46. The molecular formula is C20H34IN3O2S. The summed E-state index contributed by atoms with van der Waals surface area (Å²) in [4.78, 5) is 4.73. The zero-order valence-corrected chi connectivity index (χ0v) is 19.8. The van der Waals surface area contributed by atoms with Crippen molar-refractivity contribution in [1.82, 2.24) is 10.6 Å². The minimum absolute atomic E-state index is 0. The molecule has 1 aromatic carbocycles. The van der Waals surface area contributed by atoms with E-state index in [1.165, 1.54) is 11.1 Å². The number of ether oxygens (including phenoxy) is 1. The number of nitrogens with zero attached hydrogens (tertiary/aromatic N) is 1. The molecule has 2 rings (SSSR count). The molecule has 0 amide bonds. The van der Waals surface area contributed by atoms with Crippen molar-refractivity contribution in [3.63, 3.8) is 0 Å². The summed E-state index contributed by atoms with van der Waals surface area (Å²) in [5.74, 6) is 1.60. The van der Waals surface area contributed by atoms with Crippen molar-refractivity contribution in [2.75, 3.05) is 19.4 Å². The maximum atomic E-state index is 12.1. The SMILES string of the molecule is CCNC(=NCc1ccc(COC)cc1)NC1CCCC(S(=O)CC)C1.I. The fourth-order valence-electron chi connectivity index (χ4n) is 3.34. The van der Waals surface area contributed by atoms with Gasteiger partial charge in [-0.1, -0.05) is 37.6 Å². The third kappa shape index (κ3) is 8.48. The highest BCUT2D eigenvalue weighted by Gasteiger charge is 2.25. The molecule has 27 heavy (non-hydrogen) atoms. The predicted octanol–water partition coefficient (Wildman–Crippen LogP) is 3.59. The normalized spacial score (nSPS) is 21.2. The van der Waals surface area contributed by atoms with E-state index in [0.29, 0.717) is 24.4 Å². The number of nitrogens with one attached hydrogen (secondary N) is 2. The van der Waals surface area contributed by atoms with Crippen LogP contribution < -0.4 is 10.6 Å². The molecule has 0 radical (unpaired) electrons. The highest BCUT2D eigenvalue weighted by Crippen LogP contribution is 2.23.